The van der Waals surface area contributed by atoms with Crippen LogP contribution in [-0.2, 0) is 4.79 Å². The molecule has 0 aromatic heterocycles. The van der Waals surface area contributed by atoms with Crippen molar-refractivity contribution in [3.63, 3.8) is 0 Å². The number of benzene rings is 1. The summed E-state index contributed by atoms with van der Waals surface area (Å²) in [6, 6.07) is 2.37. The highest BCUT2D eigenvalue weighted by atomic mass is 31.0. The fourth-order valence-electron chi connectivity index (χ4n) is 1.06. The summed E-state index contributed by atoms with van der Waals surface area (Å²) in [5, 5.41) is 12.9. The largest absolute Gasteiger partial charge is 0.399 e. The van der Waals surface area contributed by atoms with Crippen LogP contribution in [0.15, 0.2) is 12.1 Å². The van der Waals surface area contributed by atoms with Gasteiger partial charge in [-0.3, -0.25) is 14.9 Å². The minimum atomic E-state index is -0.638. The lowest BCUT2D eigenvalue weighted by Crippen LogP contribution is -2.14. The molecular weight excluding hydrogens is 266 g/mol. The number of nitrogens with two attached hydrogens (primary N) is 2. The topological polar surface area (TPSA) is 124 Å². The first kappa shape index (κ1) is 19.7. The average molecular weight is 287 g/mol. The van der Waals surface area contributed by atoms with Crippen molar-refractivity contribution in [2.45, 2.75) is 20.8 Å². The zero-order chi connectivity index (χ0) is 15.6. The molecule has 1 amide bonds. The predicted molar refractivity (Wildman–Crippen MR) is 84.6 cm³/mol. The van der Waals surface area contributed by atoms with Gasteiger partial charge >= 0.3 is 0 Å². The van der Waals surface area contributed by atoms with Gasteiger partial charge in [0.25, 0.3) is 5.69 Å². The molecular formula is C10H20BN4O3P. The average Bonchev–Trinajstić information content (AvgIpc) is 2.37. The van der Waals surface area contributed by atoms with E-state index in [1.54, 1.807) is 0 Å². The van der Waals surface area contributed by atoms with E-state index in [-0.39, 0.29) is 24.0 Å². The van der Waals surface area contributed by atoms with Crippen molar-refractivity contribution >= 4 is 45.7 Å². The Morgan fingerprint density at radius 1 is 1.47 bits per heavy atom. The molecule has 9 heteroatoms. The zero-order valence-electron chi connectivity index (χ0n) is 11.1. The Bertz CT molecular complexity index is 449. The lowest BCUT2D eigenvalue weighted by molar-refractivity contribution is -0.383. The third-order valence-electron chi connectivity index (χ3n) is 1.71. The molecule has 7 nitrogen and oxygen atoms in total. The molecule has 0 fully saturated rings. The van der Waals surface area contributed by atoms with Gasteiger partial charge in [0.15, 0.2) is 0 Å². The smallest absolute Gasteiger partial charge is 0.292 e. The first-order chi connectivity index (χ1) is 8.91. The van der Waals surface area contributed by atoms with E-state index in [2.05, 4.69) is 10.8 Å². The number of nitrogens with zero attached hydrogens (tertiary/aromatic N) is 1. The minimum absolute atomic E-state index is 0. The van der Waals surface area contributed by atoms with Gasteiger partial charge < -0.3 is 16.6 Å². The third-order valence-corrected chi connectivity index (χ3v) is 1.71. The lowest BCUT2D eigenvalue weighted by Gasteiger charge is -2.06. The highest BCUT2D eigenvalue weighted by Crippen LogP contribution is 2.24. The maximum Gasteiger partial charge on any atom is 0.292 e. The van der Waals surface area contributed by atoms with Crippen molar-refractivity contribution in [3.8, 4) is 0 Å². The number of nitrogens with one attached hydrogen (secondary N) is 1. The monoisotopic (exact) mass is 287 g/mol. The number of nitro benzene ring substituents is 1. The van der Waals surface area contributed by atoms with E-state index in [9.17, 15) is 14.9 Å². The summed E-state index contributed by atoms with van der Waals surface area (Å²) in [5.74, 6) is -0.415. The van der Waals surface area contributed by atoms with Crippen LogP contribution in [0.2, 0.25) is 0 Å². The van der Waals surface area contributed by atoms with Gasteiger partial charge in [-0.1, -0.05) is 28.7 Å². The van der Waals surface area contributed by atoms with Gasteiger partial charge in [0.1, 0.15) is 13.5 Å². The van der Waals surface area contributed by atoms with Crippen LogP contribution in [0.1, 0.15) is 22.2 Å². The van der Waals surface area contributed by atoms with Crippen LogP contribution in [0.25, 0.3) is 0 Å². The highest BCUT2D eigenvalue weighted by Gasteiger charge is 2.16. The van der Waals surface area contributed by atoms with Crippen LogP contribution in [0.3, 0.4) is 0 Å². The van der Waals surface area contributed by atoms with Crippen LogP contribution < -0.4 is 22.0 Å². The molecule has 0 saturated heterocycles. The van der Waals surface area contributed by atoms with Crippen LogP contribution >= 0.6 is 9.39 Å². The second-order valence-electron chi connectivity index (χ2n) is 2.94. The molecule has 0 aliphatic carbocycles. The second kappa shape index (κ2) is 10.3. The number of rotatable bonds is 2. The zero-order valence-corrected chi connectivity index (χ0v) is 12.3. The molecule has 19 heavy (non-hydrogen) atoms. The van der Waals surface area contributed by atoms with Crippen molar-refractivity contribution in [2.24, 2.45) is 5.50 Å². The van der Waals surface area contributed by atoms with E-state index in [0.29, 0.717) is 0 Å². The number of carbonyl (C=O) groups excluding carboxylic acids is 1. The van der Waals surface area contributed by atoms with Gasteiger partial charge in [0, 0.05) is 20.1 Å². The molecule has 1 atom stereocenters. The predicted octanol–water partition coefficient (Wildman–Crippen LogP) is 0.937. The van der Waals surface area contributed by atoms with Gasteiger partial charge in [-0.25, -0.2) is 0 Å². The molecule has 106 valence electrons. The number of nitrogen functional groups attached to an aromatic ring is 1. The van der Waals surface area contributed by atoms with Crippen molar-refractivity contribution in [2.75, 3.05) is 11.1 Å². The molecule has 0 heterocycles. The number of amides is 1. The molecule has 5 N–H and O–H groups in total. The van der Waals surface area contributed by atoms with Crippen LogP contribution in [0.5, 0.6) is 0 Å². The lowest BCUT2D eigenvalue weighted by atomic mass is 9.93. The molecule has 2 radical (unpaired) electrons. The molecule has 0 saturated carbocycles. The number of hydrogen-bond donors (Lipinski definition) is 3. The van der Waals surface area contributed by atoms with Crippen LogP contribution in [0.4, 0.5) is 17.1 Å². The fraction of sp³-hybridized carbons (Fsp3) is 0.300. The molecule has 1 unspecified atom stereocenters. The molecule has 0 spiro atoms. The van der Waals surface area contributed by atoms with E-state index in [1.807, 2.05) is 23.2 Å². The maximum atomic E-state index is 10.8. The van der Waals surface area contributed by atoms with Gasteiger partial charge in [-0.2, -0.15) is 0 Å². The molecule has 1 rings (SSSR count). The fourth-order valence-corrected chi connectivity index (χ4v) is 1.06. The summed E-state index contributed by atoms with van der Waals surface area (Å²) in [4.78, 5) is 20.8. The van der Waals surface area contributed by atoms with E-state index in [0.717, 1.165) is 6.07 Å². The van der Waals surface area contributed by atoms with E-state index in [1.165, 1.54) is 13.0 Å². The van der Waals surface area contributed by atoms with Crippen LogP contribution in [0, 0.1) is 10.1 Å². The quantitative estimate of drug-likeness (QED) is 0.245. The summed E-state index contributed by atoms with van der Waals surface area (Å²) in [6.07, 6.45) is 0. The van der Waals surface area contributed by atoms with Gasteiger partial charge in [-0.05, 0) is 6.07 Å². The van der Waals surface area contributed by atoms with Crippen molar-refractivity contribution in [1.29, 1.82) is 0 Å². The Labute approximate surface area is 117 Å². The summed E-state index contributed by atoms with van der Waals surface area (Å²) >= 11 is 0. The Balaban J connectivity index is -0.000000529. The number of nitro groups is 1. The Morgan fingerprint density at radius 3 is 2.32 bits per heavy atom. The first-order valence-corrected chi connectivity index (χ1v) is 6.02. The summed E-state index contributed by atoms with van der Waals surface area (Å²) in [6.45, 7) is 5.25. The SMILES string of the molecule is CC.NP.[2HH].[B]c1cc([N+](=O)[O-])c(NC(C)=O)cc1N. The summed E-state index contributed by atoms with van der Waals surface area (Å²) in [7, 11) is 7.33. The van der Waals surface area contributed by atoms with Crippen molar-refractivity contribution in [1.82, 2.24) is 0 Å². The second-order valence-corrected chi connectivity index (χ2v) is 2.94. The Kier molecular flexibility index (Phi) is 10.7. The van der Waals surface area contributed by atoms with Gasteiger partial charge in [-0.15, -0.1) is 0 Å². The normalized spacial score (nSPS) is 8.26. The van der Waals surface area contributed by atoms with Crippen molar-refractivity contribution < 1.29 is 11.1 Å². The molecule has 0 aliphatic heterocycles. The molecule has 1 aromatic carbocycles. The third kappa shape index (κ3) is 6.74. The summed E-state index contributed by atoms with van der Waals surface area (Å²) < 4.78 is 0. The number of carbonyl (C=O) groups is 1. The Morgan fingerprint density at radius 2 is 1.95 bits per heavy atom. The van der Waals surface area contributed by atoms with Crippen LogP contribution in [-0.4, -0.2) is 18.7 Å². The van der Waals surface area contributed by atoms with Crippen molar-refractivity contribution in [3.05, 3.63) is 22.2 Å². The van der Waals surface area contributed by atoms with Gasteiger partial charge in [0.05, 0.1) is 4.92 Å². The maximum absolute atomic E-state index is 10.8. The molecule has 1 aromatic rings. The first-order valence-electron chi connectivity index (χ1n) is 5.36. The number of anilines is 2. The van der Waals surface area contributed by atoms with E-state index in [4.69, 9.17) is 13.6 Å². The molecule has 0 aliphatic rings. The van der Waals surface area contributed by atoms with E-state index < -0.39 is 10.8 Å². The number of hydrogen-bond acceptors (Lipinski definition) is 5. The van der Waals surface area contributed by atoms with Gasteiger partial charge in [0.2, 0.25) is 5.91 Å². The highest BCUT2D eigenvalue weighted by molar-refractivity contribution is 7.13. The standard InChI is InChI=1S/C8H8BN3O3.C2H6.H4NP.H2/c1-4(13)11-7-3-6(10)5(9)2-8(7)12(14)15;2*1-2;/h2-3H,10H2,1H3,(H,11,13);1-2H3;1-2H2;1H/i;;;1+1. The Hall–Kier alpha value is -1.66. The van der Waals surface area contributed by atoms with E-state index >= 15 is 0 Å². The minimum Gasteiger partial charge on any atom is -0.399 e. The summed E-state index contributed by atoms with van der Waals surface area (Å²) in [5.41, 5.74) is 9.94. The molecule has 0 bridgehead atoms.